The minimum absolute atomic E-state index is 0.207. The summed E-state index contributed by atoms with van der Waals surface area (Å²) in [6, 6.07) is 8.22. The predicted octanol–water partition coefficient (Wildman–Crippen LogP) is 2.74. The summed E-state index contributed by atoms with van der Waals surface area (Å²) in [7, 11) is 0. The van der Waals surface area contributed by atoms with Gasteiger partial charge in [0.1, 0.15) is 5.69 Å². The summed E-state index contributed by atoms with van der Waals surface area (Å²) in [6.45, 7) is 13.6. The molecule has 1 aromatic heterocycles. The van der Waals surface area contributed by atoms with E-state index >= 15 is 0 Å². The lowest BCUT2D eigenvalue weighted by Crippen LogP contribution is -2.46. The van der Waals surface area contributed by atoms with Crippen molar-refractivity contribution in [3.05, 3.63) is 40.3 Å². The van der Waals surface area contributed by atoms with Crippen LogP contribution in [0.25, 0.3) is 0 Å². The fourth-order valence-electron chi connectivity index (χ4n) is 3.32. The SMILES string of the molecule is CCCN1CCN(c2ccc(Nc3nnc(C(C)(C)C)c(=O)[nH]3)cc2)CC1. The molecule has 1 aromatic carbocycles. The predicted molar refractivity (Wildman–Crippen MR) is 110 cm³/mol. The molecule has 2 heterocycles. The molecule has 0 spiro atoms. The van der Waals surface area contributed by atoms with Crippen molar-refractivity contribution < 1.29 is 0 Å². The Morgan fingerprint density at radius 3 is 2.30 bits per heavy atom. The van der Waals surface area contributed by atoms with E-state index in [1.807, 2.05) is 32.9 Å². The Balaban J connectivity index is 1.63. The molecule has 0 amide bonds. The zero-order valence-electron chi connectivity index (χ0n) is 16.7. The second kappa shape index (κ2) is 8.08. The van der Waals surface area contributed by atoms with Crippen LogP contribution in [0, 0.1) is 0 Å². The van der Waals surface area contributed by atoms with E-state index in [2.05, 4.69) is 49.4 Å². The number of piperazine rings is 1. The van der Waals surface area contributed by atoms with E-state index in [0.29, 0.717) is 11.6 Å². The molecular weight excluding hydrogens is 340 g/mol. The highest BCUT2D eigenvalue weighted by Crippen LogP contribution is 2.21. The highest BCUT2D eigenvalue weighted by atomic mass is 16.1. The molecule has 0 radical (unpaired) electrons. The molecular formula is C20H30N6O. The van der Waals surface area contributed by atoms with Gasteiger partial charge in [-0.3, -0.25) is 14.7 Å². The van der Waals surface area contributed by atoms with Crippen molar-refractivity contribution in [2.24, 2.45) is 0 Å². The molecule has 1 aliphatic heterocycles. The van der Waals surface area contributed by atoms with Crippen LogP contribution in [0.5, 0.6) is 0 Å². The molecule has 0 saturated carbocycles. The lowest BCUT2D eigenvalue weighted by atomic mass is 9.93. The number of rotatable bonds is 5. The molecule has 146 valence electrons. The molecule has 1 saturated heterocycles. The molecule has 0 unspecified atom stereocenters. The van der Waals surface area contributed by atoms with Gasteiger partial charge in [0.05, 0.1) is 0 Å². The topological polar surface area (TPSA) is 77.2 Å². The van der Waals surface area contributed by atoms with Gasteiger partial charge in [0.2, 0.25) is 5.95 Å². The van der Waals surface area contributed by atoms with Crippen molar-refractivity contribution >= 4 is 17.3 Å². The minimum atomic E-state index is -0.331. The van der Waals surface area contributed by atoms with Crippen LogP contribution in [0.15, 0.2) is 29.1 Å². The minimum Gasteiger partial charge on any atom is -0.369 e. The van der Waals surface area contributed by atoms with Crippen LogP contribution in [-0.4, -0.2) is 52.8 Å². The molecule has 7 heteroatoms. The number of hydrogen-bond donors (Lipinski definition) is 2. The number of hydrogen-bond acceptors (Lipinski definition) is 6. The van der Waals surface area contributed by atoms with Crippen LogP contribution >= 0.6 is 0 Å². The zero-order chi connectivity index (χ0) is 19.4. The Bertz CT molecular complexity index is 800. The largest absolute Gasteiger partial charge is 0.369 e. The van der Waals surface area contributed by atoms with Crippen molar-refractivity contribution in [3.63, 3.8) is 0 Å². The van der Waals surface area contributed by atoms with Crippen LogP contribution in [0.1, 0.15) is 39.8 Å². The first-order valence-electron chi connectivity index (χ1n) is 9.68. The summed E-state index contributed by atoms with van der Waals surface area (Å²) in [5, 5.41) is 11.3. The van der Waals surface area contributed by atoms with Crippen LogP contribution in [-0.2, 0) is 5.41 Å². The molecule has 1 aliphatic rings. The van der Waals surface area contributed by atoms with Gasteiger partial charge in [0, 0.05) is 43.0 Å². The molecule has 2 aromatic rings. The fraction of sp³-hybridized carbons (Fsp3) is 0.550. The quantitative estimate of drug-likeness (QED) is 0.843. The van der Waals surface area contributed by atoms with Crippen molar-refractivity contribution in [1.29, 1.82) is 0 Å². The Hall–Kier alpha value is -2.41. The van der Waals surface area contributed by atoms with Crippen molar-refractivity contribution in [2.75, 3.05) is 42.9 Å². The van der Waals surface area contributed by atoms with E-state index in [0.717, 1.165) is 31.9 Å². The molecule has 3 rings (SSSR count). The molecule has 2 N–H and O–H groups in total. The normalized spacial score (nSPS) is 15.8. The number of nitrogens with one attached hydrogen (secondary N) is 2. The summed E-state index contributed by atoms with van der Waals surface area (Å²) < 4.78 is 0. The number of nitrogens with zero attached hydrogens (tertiary/aromatic N) is 4. The Morgan fingerprint density at radius 1 is 1.07 bits per heavy atom. The Morgan fingerprint density at radius 2 is 1.74 bits per heavy atom. The number of H-pyrrole nitrogens is 1. The van der Waals surface area contributed by atoms with E-state index in [-0.39, 0.29) is 11.0 Å². The fourth-order valence-corrected chi connectivity index (χ4v) is 3.32. The summed E-state index contributed by atoms with van der Waals surface area (Å²) in [5.41, 5.74) is 1.99. The number of aromatic nitrogens is 3. The molecule has 0 bridgehead atoms. The maximum Gasteiger partial charge on any atom is 0.274 e. The third-order valence-corrected chi connectivity index (χ3v) is 4.81. The lowest BCUT2D eigenvalue weighted by Gasteiger charge is -2.36. The Kier molecular flexibility index (Phi) is 5.79. The van der Waals surface area contributed by atoms with Crippen LogP contribution in [0.3, 0.4) is 0 Å². The van der Waals surface area contributed by atoms with Gasteiger partial charge < -0.3 is 10.2 Å². The van der Waals surface area contributed by atoms with E-state index in [4.69, 9.17) is 0 Å². The molecule has 1 fully saturated rings. The van der Waals surface area contributed by atoms with Gasteiger partial charge in [-0.15, -0.1) is 10.2 Å². The van der Waals surface area contributed by atoms with E-state index in [9.17, 15) is 4.79 Å². The third-order valence-electron chi connectivity index (χ3n) is 4.81. The van der Waals surface area contributed by atoms with Gasteiger partial charge >= 0.3 is 0 Å². The maximum absolute atomic E-state index is 12.2. The van der Waals surface area contributed by atoms with E-state index in [1.54, 1.807) is 0 Å². The first-order valence-corrected chi connectivity index (χ1v) is 9.68. The maximum atomic E-state index is 12.2. The van der Waals surface area contributed by atoms with Crippen LogP contribution < -0.4 is 15.8 Å². The van der Waals surface area contributed by atoms with Gasteiger partial charge in [-0.05, 0) is 37.2 Å². The summed E-state index contributed by atoms with van der Waals surface area (Å²) in [5.74, 6) is 0.355. The van der Waals surface area contributed by atoms with Gasteiger partial charge in [-0.25, -0.2) is 0 Å². The average molecular weight is 371 g/mol. The van der Waals surface area contributed by atoms with Gasteiger partial charge in [0.25, 0.3) is 5.56 Å². The highest BCUT2D eigenvalue weighted by molar-refractivity contribution is 5.59. The third kappa shape index (κ3) is 4.86. The highest BCUT2D eigenvalue weighted by Gasteiger charge is 2.20. The zero-order valence-corrected chi connectivity index (χ0v) is 16.7. The van der Waals surface area contributed by atoms with Crippen LogP contribution in [0.2, 0.25) is 0 Å². The number of benzene rings is 1. The lowest BCUT2D eigenvalue weighted by molar-refractivity contribution is 0.258. The summed E-state index contributed by atoms with van der Waals surface area (Å²) in [6.07, 6.45) is 1.21. The first-order chi connectivity index (χ1) is 12.9. The molecule has 0 aliphatic carbocycles. The summed E-state index contributed by atoms with van der Waals surface area (Å²) in [4.78, 5) is 19.9. The second-order valence-electron chi connectivity index (χ2n) is 8.10. The Labute approximate surface area is 160 Å². The van der Waals surface area contributed by atoms with E-state index < -0.39 is 0 Å². The monoisotopic (exact) mass is 370 g/mol. The first kappa shape index (κ1) is 19.4. The van der Waals surface area contributed by atoms with Crippen LogP contribution in [0.4, 0.5) is 17.3 Å². The smallest absolute Gasteiger partial charge is 0.274 e. The van der Waals surface area contributed by atoms with Gasteiger partial charge in [0.15, 0.2) is 0 Å². The number of anilines is 3. The average Bonchev–Trinajstić information content (AvgIpc) is 2.62. The molecule has 7 nitrogen and oxygen atoms in total. The molecule has 0 atom stereocenters. The van der Waals surface area contributed by atoms with Crippen molar-refractivity contribution in [1.82, 2.24) is 20.1 Å². The number of aromatic amines is 1. The standard InChI is InChI=1S/C20H30N6O/c1-5-10-25-11-13-26(14-12-25)16-8-6-15(7-9-16)21-19-22-18(27)17(23-24-19)20(2,3)4/h6-9H,5,10-14H2,1-4H3,(H2,21,22,24,27). The summed E-state index contributed by atoms with van der Waals surface area (Å²) >= 11 is 0. The second-order valence-corrected chi connectivity index (χ2v) is 8.10. The van der Waals surface area contributed by atoms with Gasteiger partial charge in [-0.1, -0.05) is 27.7 Å². The van der Waals surface area contributed by atoms with Gasteiger partial charge in [-0.2, -0.15) is 0 Å². The van der Waals surface area contributed by atoms with Crippen molar-refractivity contribution in [2.45, 2.75) is 39.5 Å². The van der Waals surface area contributed by atoms with Crippen molar-refractivity contribution in [3.8, 4) is 0 Å². The van der Waals surface area contributed by atoms with E-state index in [1.165, 1.54) is 18.7 Å². The molecule has 27 heavy (non-hydrogen) atoms.